The normalized spacial score (nSPS) is 21.8. The minimum atomic E-state index is -0.530. The molecule has 2 atom stereocenters. The number of rotatable bonds is 1. The number of piperazine rings is 1. The van der Waals surface area contributed by atoms with Crippen molar-refractivity contribution in [2.24, 2.45) is 0 Å². The molecule has 1 saturated heterocycles. The third-order valence-corrected chi connectivity index (χ3v) is 6.45. The summed E-state index contributed by atoms with van der Waals surface area (Å²) in [6, 6.07) is 12.4. The molecule has 2 aliphatic heterocycles. The van der Waals surface area contributed by atoms with E-state index in [9.17, 15) is 9.59 Å². The van der Waals surface area contributed by atoms with Crippen molar-refractivity contribution < 1.29 is 9.59 Å². The van der Waals surface area contributed by atoms with Gasteiger partial charge < -0.3 is 14.8 Å². The molecule has 5 rings (SSSR count). The number of para-hydroxylation sites is 1. The van der Waals surface area contributed by atoms with Gasteiger partial charge in [-0.2, -0.15) is 0 Å². The lowest BCUT2D eigenvalue weighted by Gasteiger charge is -2.46. The molecule has 0 bridgehead atoms. The van der Waals surface area contributed by atoms with Crippen LogP contribution in [0.2, 0.25) is 10.0 Å². The summed E-state index contributed by atoms with van der Waals surface area (Å²) in [5, 5.41) is 1.96. The van der Waals surface area contributed by atoms with Crippen LogP contribution in [0.1, 0.15) is 22.9 Å². The highest BCUT2D eigenvalue weighted by Gasteiger charge is 2.47. The molecule has 7 heteroatoms. The van der Waals surface area contributed by atoms with Gasteiger partial charge in [-0.15, -0.1) is 0 Å². The molecule has 2 aromatic carbocycles. The molecule has 3 heterocycles. The number of carbonyl (C=O) groups is 2. The van der Waals surface area contributed by atoms with E-state index in [1.54, 1.807) is 24.1 Å². The van der Waals surface area contributed by atoms with Crippen molar-refractivity contribution in [3.63, 3.8) is 0 Å². The van der Waals surface area contributed by atoms with Gasteiger partial charge in [-0.05, 0) is 29.3 Å². The Morgan fingerprint density at radius 3 is 2.64 bits per heavy atom. The number of hydrogen-bond donors (Lipinski definition) is 1. The van der Waals surface area contributed by atoms with Crippen LogP contribution in [0.15, 0.2) is 42.5 Å². The lowest BCUT2D eigenvalue weighted by Crippen LogP contribution is -2.62. The summed E-state index contributed by atoms with van der Waals surface area (Å²) in [4.78, 5) is 32.7. The molecule has 0 saturated carbocycles. The van der Waals surface area contributed by atoms with Gasteiger partial charge in [0.15, 0.2) is 0 Å². The second kappa shape index (κ2) is 6.26. The van der Waals surface area contributed by atoms with E-state index in [0.717, 1.165) is 27.7 Å². The average Bonchev–Trinajstić information content (AvgIpc) is 3.05. The first-order chi connectivity index (χ1) is 13.5. The summed E-state index contributed by atoms with van der Waals surface area (Å²) in [5.74, 6) is -0.118. The average molecular weight is 414 g/mol. The van der Waals surface area contributed by atoms with Gasteiger partial charge in [0.05, 0.1) is 22.6 Å². The maximum absolute atomic E-state index is 13.0. The SMILES string of the molecule is CN1CC(=O)N2C(Cc3c([nH]c4ccccc34)C2c2ccc(Cl)c(Cl)c2)C1=O. The topological polar surface area (TPSA) is 56.4 Å². The molecule has 0 radical (unpaired) electrons. The van der Waals surface area contributed by atoms with E-state index < -0.39 is 12.1 Å². The monoisotopic (exact) mass is 413 g/mol. The predicted octanol–water partition coefficient (Wildman–Crippen LogP) is 3.79. The number of hydrogen-bond acceptors (Lipinski definition) is 2. The van der Waals surface area contributed by atoms with E-state index in [-0.39, 0.29) is 18.4 Å². The highest BCUT2D eigenvalue weighted by molar-refractivity contribution is 6.42. The summed E-state index contributed by atoms with van der Waals surface area (Å²) >= 11 is 12.4. The fourth-order valence-electron chi connectivity index (χ4n) is 4.44. The summed E-state index contributed by atoms with van der Waals surface area (Å²) < 4.78 is 0. The number of fused-ring (bicyclic) bond motifs is 4. The third kappa shape index (κ3) is 2.46. The molecular formula is C21H17Cl2N3O2. The van der Waals surface area contributed by atoms with Crippen molar-refractivity contribution in [3.05, 3.63) is 69.3 Å². The summed E-state index contributed by atoms with van der Waals surface area (Å²) in [7, 11) is 1.68. The Labute approximate surface area is 171 Å². The Kier molecular flexibility index (Phi) is 3.93. The Morgan fingerprint density at radius 2 is 1.86 bits per heavy atom. The Morgan fingerprint density at radius 1 is 1.07 bits per heavy atom. The molecule has 0 spiro atoms. The van der Waals surface area contributed by atoms with Gasteiger partial charge >= 0.3 is 0 Å². The number of halogens is 2. The third-order valence-electron chi connectivity index (χ3n) is 5.71. The molecule has 0 aliphatic carbocycles. The maximum atomic E-state index is 13.0. The number of aromatic amines is 1. The van der Waals surface area contributed by atoms with Crippen LogP contribution in [0.4, 0.5) is 0 Å². The van der Waals surface area contributed by atoms with Gasteiger partial charge in [0.25, 0.3) is 0 Å². The quantitative estimate of drug-likeness (QED) is 0.659. The van der Waals surface area contributed by atoms with E-state index in [0.29, 0.717) is 16.5 Å². The van der Waals surface area contributed by atoms with E-state index in [1.807, 2.05) is 30.3 Å². The smallest absolute Gasteiger partial charge is 0.245 e. The lowest BCUT2D eigenvalue weighted by molar-refractivity contribution is -0.157. The van der Waals surface area contributed by atoms with Crippen molar-refractivity contribution in [1.82, 2.24) is 14.8 Å². The van der Waals surface area contributed by atoms with Crippen LogP contribution in [0.5, 0.6) is 0 Å². The first kappa shape index (κ1) is 17.6. The zero-order valence-electron chi connectivity index (χ0n) is 15.1. The zero-order chi connectivity index (χ0) is 19.6. The minimum Gasteiger partial charge on any atom is -0.356 e. The Hall–Kier alpha value is -2.50. The van der Waals surface area contributed by atoms with Crippen molar-refractivity contribution >= 4 is 45.9 Å². The number of H-pyrrole nitrogens is 1. The number of aromatic nitrogens is 1. The minimum absolute atomic E-state index is 0.0411. The molecule has 1 aromatic heterocycles. The Bertz CT molecular complexity index is 1140. The van der Waals surface area contributed by atoms with Crippen molar-refractivity contribution in [2.75, 3.05) is 13.6 Å². The van der Waals surface area contributed by atoms with Gasteiger partial charge in [-0.25, -0.2) is 0 Å². The first-order valence-electron chi connectivity index (χ1n) is 9.06. The number of amides is 2. The van der Waals surface area contributed by atoms with Crippen LogP contribution < -0.4 is 0 Å². The van der Waals surface area contributed by atoms with Crippen LogP contribution in [-0.4, -0.2) is 46.2 Å². The molecule has 28 heavy (non-hydrogen) atoms. The molecule has 2 aliphatic rings. The van der Waals surface area contributed by atoms with E-state index in [2.05, 4.69) is 4.98 Å². The molecule has 2 unspecified atom stereocenters. The number of nitrogens with one attached hydrogen (secondary N) is 1. The van der Waals surface area contributed by atoms with Gasteiger partial charge in [0.2, 0.25) is 11.8 Å². The second-order valence-electron chi connectivity index (χ2n) is 7.35. The number of benzene rings is 2. The fraction of sp³-hybridized carbons (Fsp3) is 0.238. The van der Waals surface area contributed by atoms with Crippen LogP contribution in [-0.2, 0) is 16.0 Å². The van der Waals surface area contributed by atoms with Crippen LogP contribution in [0.3, 0.4) is 0 Å². The molecule has 5 nitrogen and oxygen atoms in total. The van der Waals surface area contributed by atoms with Crippen molar-refractivity contribution in [2.45, 2.75) is 18.5 Å². The van der Waals surface area contributed by atoms with Gasteiger partial charge in [-0.3, -0.25) is 9.59 Å². The summed E-state index contributed by atoms with van der Waals surface area (Å²) in [6.07, 6.45) is 0.492. The molecule has 3 aromatic rings. The zero-order valence-corrected chi connectivity index (χ0v) is 16.6. The molecule has 1 N–H and O–H groups in total. The van der Waals surface area contributed by atoms with E-state index >= 15 is 0 Å². The van der Waals surface area contributed by atoms with Gasteiger partial charge in [0, 0.05) is 30.1 Å². The van der Waals surface area contributed by atoms with Crippen LogP contribution >= 0.6 is 23.2 Å². The van der Waals surface area contributed by atoms with Crippen molar-refractivity contribution in [1.29, 1.82) is 0 Å². The van der Waals surface area contributed by atoms with Gasteiger partial charge in [-0.1, -0.05) is 47.5 Å². The van der Waals surface area contributed by atoms with E-state index in [1.165, 1.54) is 4.90 Å². The maximum Gasteiger partial charge on any atom is 0.245 e. The second-order valence-corrected chi connectivity index (χ2v) is 8.17. The Balaban J connectivity index is 1.77. The van der Waals surface area contributed by atoms with Crippen LogP contribution in [0, 0.1) is 0 Å². The predicted molar refractivity (Wildman–Crippen MR) is 109 cm³/mol. The molecular weight excluding hydrogens is 397 g/mol. The van der Waals surface area contributed by atoms with Crippen molar-refractivity contribution in [3.8, 4) is 0 Å². The van der Waals surface area contributed by atoms with E-state index in [4.69, 9.17) is 23.2 Å². The highest BCUT2D eigenvalue weighted by atomic mass is 35.5. The summed E-state index contributed by atoms with van der Waals surface area (Å²) in [6.45, 7) is 0.0721. The van der Waals surface area contributed by atoms with Gasteiger partial charge in [0.1, 0.15) is 6.04 Å². The number of carbonyl (C=O) groups excluding carboxylic acids is 2. The molecule has 1 fully saturated rings. The lowest BCUT2D eigenvalue weighted by atomic mass is 9.86. The highest BCUT2D eigenvalue weighted by Crippen LogP contribution is 2.43. The fourth-order valence-corrected chi connectivity index (χ4v) is 4.74. The van der Waals surface area contributed by atoms with Crippen LogP contribution in [0.25, 0.3) is 10.9 Å². The molecule has 2 amide bonds. The first-order valence-corrected chi connectivity index (χ1v) is 9.82. The number of likely N-dealkylation sites (N-methyl/N-ethyl adjacent to an activating group) is 1. The molecule has 142 valence electrons. The number of nitrogens with zero attached hydrogens (tertiary/aromatic N) is 2. The standard InChI is InChI=1S/C21H17Cl2N3O2/c1-25-10-18(27)26-17(21(25)28)9-13-12-4-2-3-5-16(12)24-19(13)20(26)11-6-7-14(22)15(23)8-11/h2-8,17,20,24H,9-10H2,1H3. The largest absolute Gasteiger partial charge is 0.356 e. The summed E-state index contributed by atoms with van der Waals surface area (Å²) in [5.41, 5.74) is 3.83.